The molecule has 0 aromatic heterocycles. The maximum absolute atomic E-state index is 11.9. The van der Waals surface area contributed by atoms with Crippen molar-refractivity contribution < 1.29 is 4.79 Å². The van der Waals surface area contributed by atoms with E-state index in [-0.39, 0.29) is 5.91 Å². The summed E-state index contributed by atoms with van der Waals surface area (Å²) >= 11 is 3.47. The van der Waals surface area contributed by atoms with Gasteiger partial charge in [0, 0.05) is 4.47 Å². The minimum absolute atomic E-state index is 0.00261. The van der Waals surface area contributed by atoms with Crippen molar-refractivity contribution >= 4 is 27.5 Å². The average molecular weight is 351 g/mol. The van der Waals surface area contributed by atoms with Crippen LogP contribution in [0.1, 0.15) is 37.7 Å². The quantitative estimate of drug-likeness (QED) is 0.596. The first-order chi connectivity index (χ1) is 10.1. The van der Waals surface area contributed by atoms with Crippen molar-refractivity contribution in [3.63, 3.8) is 0 Å². The van der Waals surface area contributed by atoms with Crippen LogP contribution < -0.4 is 10.6 Å². The summed E-state index contributed by atoms with van der Waals surface area (Å²) in [7, 11) is 0. The Morgan fingerprint density at radius 2 is 2.19 bits per heavy atom. The number of rotatable bonds is 6. The molecule has 0 heterocycles. The van der Waals surface area contributed by atoms with Crippen LogP contribution in [0.3, 0.4) is 0 Å². The molecule has 0 bridgehead atoms. The summed E-state index contributed by atoms with van der Waals surface area (Å²) in [5.74, 6) is -0.00261. The number of aryl methyl sites for hydroxylation is 1. The second-order valence-electron chi connectivity index (χ2n) is 5.57. The molecule has 1 aromatic rings. The van der Waals surface area contributed by atoms with Gasteiger partial charge in [0.2, 0.25) is 5.91 Å². The van der Waals surface area contributed by atoms with Gasteiger partial charge < -0.3 is 10.6 Å². The highest BCUT2D eigenvalue weighted by molar-refractivity contribution is 9.10. The van der Waals surface area contributed by atoms with Gasteiger partial charge in [-0.05, 0) is 79.2 Å². The number of anilines is 1. The van der Waals surface area contributed by atoms with Gasteiger partial charge in [-0.25, -0.2) is 0 Å². The van der Waals surface area contributed by atoms with E-state index < -0.39 is 0 Å². The van der Waals surface area contributed by atoms with Gasteiger partial charge in [-0.2, -0.15) is 0 Å². The summed E-state index contributed by atoms with van der Waals surface area (Å²) in [5, 5.41) is 6.13. The fourth-order valence-electron chi connectivity index (χ4n) is 2.50. The molecule has 0 atom stereocenters. The van der Waals surface area contributed by atoms with Crippen molar-refractivity contribution in [3.8, 4) is 0 Å². The molecule has 0 saturated carbocycles. The van der Waals surface area contributed by atoms with E-state index in [0.29, 0.717) is 6.54 Å². The molecule has 0 radical (unpaired) electrons. The molecule has 1 aromatic carbocycles. The van der Waals surface area contributed by atoms with Crippen LogP contribution in [-0.2, 0) is 4.79 Å². The molecule has 21 heavy (non-hydrogen) atoms. The minimum atomic E-state index is -0.00261. The molecule has 3 nitrogen and oxygen atoms in total. The topological polar surface area (TPSA) is 41.1 Å². The molecule has 0 unspecified atom stereocenters. The highest BCUT2D eigenvalue weighted by Crippen LogP contribution is 2.23. The lowest BCUT2D eigenvalue weighted by Gasteiger charge is -2.13. The summed E-state index contributed by atoms with van der Waals surface area (Å²) in [4.78, 5) is 11.9. The molecule has 1 aliphatic carbocycles. The molecule has 1 aliphatic rings. The Bertz CT molecular complexity index is 526. The number of carbonyl (C=O) groups is 1. The van der Waals surface area contributed by atoms with Gasteiger partial charge in [0.25, 0.3) is 0 Å². The Labute approximate surface area is 135 Å². The summed E-state index contributed by atoms with van der Waals surface area (Å²) in [6, 6.07) is 5.91. The average Bonchev–Trinajstić information content (AvgIpc) is 2.48. The fraction of sp³-hybridized carbons (Fsp3) is 0.471. The first-order valence-corrected chi connectivity index (χ1v) is 8.39. The maximum atomic E-state index is 11.9. The Hall–Kier alpha value is -1.13. The number of hydrogen-bond acceptors (Lipinski definition) is 2. The Morgan fingerprint density at radius 3 is 2.90 bits per heavy atom. The first-order valence-electron chi connectivity index (χ1n) is 7.60. The van der Waals surface area contributed by atoms with E-state index in [2.05, 4.69) is 32.6 Å². The summed E-state index contributed by atoms with van der Waals surface area (Å²) in [6.45, 7) is 3.25. The lowest BCUT2D eigenvalue weighted by Crippen LogP contribution is -2.29. The zero-order valence-electron chi connectivity index (χ0n) is 12.5. The summed E-state index contributed by atoms with van der Waals surface area (Å²) in [5.41, 5.74) is 3.52. The van der Waals surface area contributed by atoms with Gasteiger partial charge in [0.15, 0.2) is 0 Å². The van der Waals surface area contributed by atoms with Crippen LogP contribution in [0.5, 0.6) is 0 Å². The van der Waals surface area contributed by atoms with Crippen LogP contribution in [0, 0.1) is 6.92 Å². The van der Waals surface area contributed by atoms with Crippen molar-refractivity contribution in [2.24, 2.45) is 0 Å². The summed E-state index contributed by atoms with van der Waals surface area (Å²) < 4.78 is 0.920. The van der Waals surface area contributed by atoms with Gasteiger partial charge >= 0.3 is 0 Å². The molecule has 0 spiro atoms. The SMILES string of the molecule is Cc1ccc(NC(=O)CNCCC2=CCCCC2)c(Br)c1. The molecule has 2 N–H and O–H groups in total. The van der Waals surface area contributed by atoms with Gasteiger partial charge in [0.1, 0.15) is 0 Å². The molecule has 0 fully saturated rings. The van der Waals surface area contributed by atoms with Crippen molar-refractivity contribution in [2.45, 2.75) is 39.0 Å². The van der Waals surface area contributed by atoms with E-state index in [4.69, 9.17) is 0 Å². The Morgan fingerprint density at radius 1 is 1.33 bits per heavy atom. The zero-order chi connectivity index (χ0) is 15.1. The van der Waals surface area contributed by atoms with Crippen molar-refractivity contribution in [1.29, 1.82) is 0 Å². The number of nitrogens with one attached hydrogen (secondary N) is 2. The smallest absolute Gasteiger partial charge is 0.238 e. The van der Waals surface area contributed by atoms with Gasteiger partial charge in [-0.3, -0.25) is 4.79 Å². The van der Waals surface area contributed by atoms with E-state index in [1.807, 2.05) is 25.1 Å². The van der Waals surface area contributed by atoms with E-state index in [0.717, 1.165) is 23.1 Å². The number of benzene rings is 1. The highest BCUT2D eigenvalue weighted by Gasteiger charge is 2.06. The molecule has 0 aliphatic heterocycles. The number of carbonyl (C=O) groups excluding carboxylic acids is 1. The molecule has 114 valence electrons. The Balaban J connectivity index is 1.68. The lowest BCUT2D eigenvalue weighted by atomic mass is 9.97. The van der Waals surface area contributed by atoms with E-state index in [1.54, 1.807) is 0 Å². The number of hydrogen-bond donors (Lipinski definition) is 2. The van der Waals surface area contributed by atoms with E-state index in [9.17, 15) is 4.79 Å². The van der Waals surface area contributed by atoms with Crippen LogP contribution in [0.15, 0.2) is 34.3 Å². The predicted molar refractivity (Wildman–Crippen MR) is 91.5 cm³/mol. The minimum Gasteiger partial charge on any atom is -0.324 e. The summed E-state index contributed by atoms with van der Waals surface area (Å²) in [6.07, 6.45) is 8.50. The van der Waals surface area contributed by atoms with Crippen LogP contribution in [0.25, 0.3) is 0 Å². The highest BCUT2D eigenvalue weighted by atomic mass is 79.9. The molecular weight excluding hydrogens is 328 g/mol. The van der Waals surface area contributed by atoms with Gasteiger partial charge in [-0.1, -0.05) is 17.7 Å². The third-order valence-corrected chi connectivity index (χ3v) is 4.35. The molecular formula is C17H23BrN2O. The maximum Gasteiger partial charge on any atom is 0.238 e. The normalized spacial score (nSPS) is 14.7. The zero-order valence-corrected chi connectivity index (χ0v) is 14.1. The van der Waals surface area contributed by atoms with Crippen molar-refractivity contribution in [1.82, 2.24) is 5.32 Å². The van der Waals surface area contributed by atoms with Crippen molar-refractivity contribution in [3.05, 3.63) is 39.9 Å². The van der Waals surface area contributed by atoms with Crippen LogP contribution in [0.2, 0.25) is 0 Å². The molecule has 4 heteroatoms. The van der Waals surface area contributed by atoms with Crippen LogP contribution >= 0.6 is 15.9 Å². The second kappa shape index (κ2) is 8.35. The Kier molecular flexibility index (Phi) is 6.46. The lowest BCUT2D eigenvalue weighted by molar-refractivity contribution is -0.115. The molecule has 0 saturated heterocycles. The third-order valence-electron chi connectivity index (χ3n) is 3.69. The standard InChI is InChI=1S/C17H23BrN2O/c1-13-7-8-16(15(18)11-13)20-17(21)12-19-10-9-14-5-3-2-4-6-14/h5,7-8,11,19H,2-4,6,9-10,12H2,1H3,(H,20,21). The van der Waals surface area contributed by atoms with Crippen LogP contribution in [-0.4, -0.2) is 19.0 Å². The first kappa shape index (κ1) is 16.2. The molecule has 2 rings (SSSR count). The number of amides is 1. The van der Waals surface area contributed by atoms with E-state index in [1.165, 1.54) is 36.8 Å². The predicted octanol–water partition coefficient (Wildman–Crippen LogP) is 4.18. The van der Waals surface area contributed by atoms with Gasteiger partial charge in [-0.15, -0.1) is 0 Å². The monoisotopic (exact) mass is 350 g/mol. The van der Waals surface area contributed by atoms with Crippen molar-refractivity contribution in [2.75, 3.05) is 18.4 Å². The second-order valence-corrected chi connectivity index (χ2v) is 6.42. The number of allylic oxidation sites excluding steroid dienone is 1. The van der Waals surface area contributed by atoms with E-state index >= 15 is 0 Å². The van der Waals surface area contributed by atoms with Crippen LogP contribution in [0.4, 0.5) is 5.69 Å². The third kappa shape index (κ3) is 5.64. The fourth-order valence-corrected chi connectivity index (χ4v) is 3.09. The number of halogens is 1. The largest absolute Gasteiger partial charge is 0.324 e. The van der Waals surface area contributed by atoms with Gasteiger partial charge in [0.05, 0.1) is 12.2 Å². The molecule has 1 amide bonds.